The number of benzene rings is 2. The summed E-state index contributed by atoms with van der Waals surface area (Å²) in [6, 6.07) is 10.2. The highest BCUT2D eigenvalue weighted by Gasteiger charge is 2.08. The summed E-state index contributed by atoms with van der Waals surface area (Å²) in [5.41, 5.74) is -0.356. The average Bonchev–Trinajstić information content (AvgIpc) is 2.75. The Morgan fingerprint density at radius 1 is 0.700 bits per heavy atom. The van der Waals surface area contributed by atoms with E-state index < -0.39 is 0 Å². The first kappa shape index (κ1) is 21.6. The van der Waals surface area contributed by atoms with Gasteiger partial charge in [-0.1, -0.05) is 23.2 Å². The van der Waals surface area contributed by atoms with Gasteiger partial charge in [0.05, 0.1) is 25.0 Å². The van der Waals surface area contributed by atoms with Gasteiger partial charge in [-0.2, -0.15) is 10.2 Å². The summed E-state index contributed by atoms with van der Waals surface area (Å²) < 4.78 is 12.5. The largest absolute Gasteiger partial charge is 0.497 e. The molecule has 0 saturated carbocycles. The molecule has 10 heteroatoms. The number of fused-ring (bicyclic) bond motifs is 2. The molecular weight excluding hydrogens is 431 g/mol. The molecule has 30 heavy (non-hydrogen) atoms. The van der Waals surface area contributed by atoms with Gasteiger partial charge < -0.3 is 9.47 Å². The second-order valence-corrected chi connectivity index (χ2v) is 6.98. The van der Waals surface area contributed by atoms with Crippen molar-refractivity contribution >= 4 is 44.7 Å². The minimum absolute atomic E-state index is 0.169. The number of methoxy groups -OCH3 is 2. The van der Waals surface area contributed by atoms with Crippen molar-refractivity contribution in [1.29, 1.82) is 0 Å². The Kier molecular flexibility index (Phi) is 6.28. The zero-order valence-electron chi connectivity index (χ0n) is 16.6. The first-order chi connectivity index (χ1) is 14.3. The Labute approximate surface area is 181 Å². The summed E-state index contributed by atoms with van der Waals surface area (Å²) in [5.74, 6) is 1.28. The van der Waals surface area contributed by atoms with Crippen LogP contribution in [-0.4, -0.2) is 33.8 Å². The molecule has 4 rings (SSSR count). The fourth-order valence-corrected chi connectivity index (χ4v) is 3.37. The van der Waals surface area contributed by atoms with Crippen LogP contribution >= 0.6 is 23.2 Å². The van der Waals surface area contributed by atoms with E-state index in [2.05, 4.69) is 10.2 Å². The van der Waals surface area contributed by atoms with E-state index in [0.29, 0.717) is 43.4 Å². The average molecular weight is 449 g/mol. The monoisotopic (exact) mass is 448 g/mol. The molecule has 0 amide bonds. The van der Waals surface area contributed by atoms with Crippen LogP contribution in [0.4, 0.5) is 0 Å². The zero-order valence-corrected chi connectivity index (χ0v) is 18.2. The van der Waals surface area contributed by atoms with E-state index in [0.717, 1.165) is 0 Å². The van der Waals surface area contributed by atoms with Crippen molar-refractivity contribution in [3.05, 3.63) is 67.4 Å². The first-order valence-electron chi connectivity index (χ1n) is 8.68. The van der Waals surface area contributed by atoms with E-state index in [9.17, 15) is 9.59 Å². The van der Waals surface area contributed by atoms with Crippen LogP contribution in [0.5, 0.6) is 11.5 Å². The van der Waals surface area contributed by atoms with Crippen molar-refractivity contribution < 1.29 is 9.47 Å². The molecule has 0 radical (unpaired) electrons. The lowest BCUT2D eigenvalue weighted by Gasteiger charge is -2.04. The van der Waals surface area contributed by atoms with Gasteiger partial charge in [-0.3, -0.25) is 9.59 Å². The molecule has 2 aromatic heterocycles. The normalized spacial score (nSPS) is 10.6. The third kappa shape index (κ3) is 4.10. The predicted molar refractivity (Wildman–Crippen MR) is 117 cm³/mol. The minimum Gasteiger partial charge on any atom is -0.497 e. The molecule has 0 N–H and O–H groups in total. The third-order valence-corrected chi connectivity index (χ3v) is 4.98. The molecule has 0 saturated heterocycles. The maximum Gasteiger partial charge on any atom is 0.274 e. The number of ether oxygens (including phenoxy) is 2. The highest BCUT2D eigenvalue weighted by atomic mass is 35.5. The molecule has 0 aliphatic rings. The molecule has 0 unspecified atom stereocenters. The molecule has 0 aliphatic carbocycles. The Hall–Kier alpha value is -3.10. The Morgan fingerprint density at radius 3 is 1.67 bits per heavy atom. The molecule has 8 nitrogen and oxygen atoms in total. The lowest BCUT2D eigenvalue weighted by molar-refractivity contribution is 0.415. The molecule has 0 aliphatic heterocycles. The molecule has 2 aromatic carbocycles. The minimum atomic E-state index is -0.187. The van der Waals surface area contributed by atoms with E-state index >= 15 is 0 Å². The fraction of sp³-hybridized carbons (Fsp3) is 0.200. The van der Waals surface area contributed by atoms with Crippen molar-refractivity contribution in [3.8, 4) is 11.5 Å². The summed E-state index contributed by atoms with van der Waals surface area (Å²) in [6.07, 6.45) is 0. The summed E-state index contributed by atoms with van der Waals surface area (Å²) >= 11 is 11.9. The van der Waals surface area contributed by atoms with Gasteiger partial charge in [0.1, 0.15) is 11.5 Å². The van der Waals surface area contributed by atoms with Gasteiger partial charge in [0, 0.05) is 24.9 Å². The summed E-state index contributed by atoms with van der Waals surface area (Å²) in [5, 5.41) is 10.7. The first-order valence-corrected chi connectivity index (χ1v) is 9.43. The van der Waals surface area contributed by atoms with Crippen molar-refractivity contribution in [1.82, 2.24) is 19.6 Å². The lowest BCUT2D eigenvalue weighted by atomic mass is 10.2. The Morgan fingerprint density at radius 2 is 1.13 bits per heavy atom. The van der Waals surface area contributed by atoms with E-state index in [1.54, 1.807) is 64.7 Å². The third-order valence-electron chi connectivity index (χ3n) is 4.42. The topological polar surface area (TPSA) is 88.2 Å². The van der Waals surface area contributed by atoms with E-state index in [1.807, 2.05) is 0 Å². The van der Waals surface area contributed by atoms with Gasteiger partial charge >= 0.3 is 0 Å². The quantitative estimate of drug-likeness (QED) is 0.467. The van der Waals surface area contributed by atoms with Gasteiger partial charge in [-0.25, -0.2) is 9.36 Å². The highest BCUT2D eigenvalue weighted by Crippen LogP contribution is 2.23. The fourth-order valence-electron chi connectivity index (χ4n) is 2.83. The lowest BCUT2D eigenvalue weighted by Crippen LogP contribution is -2.19. The molecule has 0 fully saturated rings. The summed E-state index contributed by atoms with van der Waals surface area (Å²) in [6.45, 7) is 0. The number of rotatable bonds is 2. The number of nitrogens with zero attached hydrogens (tertiary/aromatic N) is 4. The van der Waals surface area contributed by atoms with Crippen molar-refractivity contribution in [2.24, 2.45) is 14.1 Å². The zero-order chi connectivity index (χ0) is 22.0. The summed E-state index contributed by atoms with van der Waals surface area (Å²) in [7, 11) is 6.24. The molecule has 156 valence electrons. The Balaban J connectivity index is 0.000000171. The van der Waals surface area contributed by atoms with Crippen LogP contribution in [0.3, 0.4) is 0 Å². The van der Waals surface area contributed by atoms with Crippen LogP contribution in [0.2, 0.25) is 10.3 Å². The van der Waals surface area contributed by atoms with Crippen LogP contribution in [0.25, 0.3) is 21.5 Å². The van der Waals surface area contributed by atoms with Gasteiger partial charge in [0.15, 0.2) is 10.3 Å². The number of hydrogen-bond donors (Lipinski definition) is 0. The molecule has 0 atom stereocenters. The van der Waals surface area contributed by atoms with Crippen molar-refractivity contribution in [2.45, 2.75) is 0 Å². The van der Waals surface area contributed by atoms with Gasteiger partial charge in [-0.15, -0.1) is 0 Å². The Bertz CT molecular complexity index is 1370. The maximum atomic E-state index is 11.7. The van der Waals surface area contributed by atoms with Crippen LogP contribution in [0.15, 0.2) is 46.0 Å². The van der Waals surface area contributed by atoms with Gasteiger partial charge in [0.25, 0.3) is 11.1 Å². The van der Waals surface area contributed by atoms with Crippen LogP contribution in [0.1, 0.15) is 0 Å². The second-order valence-electron chi connectivity index (χ2n) is 6.26. The molecule has 4 aromatic rings. The second kappa shape index (κ2) is 8.73. The standard InChI is InChI=1S/2C10H9ClN2O2/c1-13-10(14)7-4-3-6(15-2)5-8(7)9(11)12-13;1-13-10(14)8-5-6(15-2)3-4-7(8)9(11)12-13/h2*3-5H,1-2H3. The van der Waals surface area contributed by atoms with E-state index in [4.69, 9.17) is 32.7 Å². The smallest absolute Gasteiger partial charge is 0.274 e. The SMILES string of the molecule is COc1ccc2c(=O)n(C)nc(Cl)c2c1.COc1ccc2c(Cl)nn(C)c(=O)c2c1. The maximum absolute atomic E-state index is 11.7. The highest BCUT2D eigenvalue weighted by molar-refractivity contribution is 6.34. The van der Waals surface area contributed by atoms with E-state index in [1.165, 1.54) is 9.36 Å². The molecule has 0 spiro atoms. The van der Waals surface area contributed by atoms with Crippen LogP contribution in [-0.2, 0) is 14.1 Å². The van der Waals surface area contributed by atoms with Crippen molar-refractivity contribution in [3.63, 3.8) is 0 Å². The predicted octanol–water partition coefficient (Wildman–Crippen LogP) is 3.19. The molecular formula is C20H18Cl2N4O4. The number of aromatic nitrogens is 4. The van der Waals surface area contributed by atoms with Gasteiger partial charge in [-0.05, 0) is 36.4 Å². The molecule has 2 heterocycles. The van der Waals surface area contributed by atoms with Crippen molar-refractivity contribution in [2.75, 3.05) is 14.2 Å². The number of hydrogen-bond acceptors (Lipinski definition) is 6. The summed E-state index contributed by atoms with van der Waals surface area (Å²) in [4.78, 5) is 23.4. The van der Waals surface area contributed by atoms with E-state index in [-0.39, 0.29) is 11.1 Å². The van der Waals surface area contributed by atoms with Crippen LogP contribution < -0.4 is 20.6 Å². The van der Waals surface area contributed by atoms with Crippen LogP contribution in [0, 0.1) is 0 Å². The molecule has 0 bridgehead atoms. The number of aryl methyl sites for hydroxylation is 2. The van der Waals surface area contributed by atoms with Gasteiger partial charge in [0.2, 0.25) is 0 Å². The number of halogens is 2.